The zero-order valence-electron chi connectivity index (χ0n) is 10.5. The fourth-order valence-electron chi connectivity index (χ4n) is 1.99. The number of aryl methyl sites for hydroxylation is 2. The van der Waals surface area contributed by atoms with Gasteiger partial charge in [0.15, 0.2) is 0 Å². The maximum Gasteiger partial charge on any atom is 0.337 e. The Labute approximate surface area is 106 Å². The molecule has 0 amide bonds. The Morgan fingerprint density at radius 2 is 1.94 bits per heavy atom. The largest absolute Gasteiger partial charge is 0.478 e. The van der Waals surface area contributed by atoms with Crippen molar-refractivity contribution in [2.24, 2.45) is 0 Å². The third kappa shape index (κ3) is 2.25. The topological polar surface area (TPSA) is 50.2 Å². The van der Waals surface area contributed by atoms with Crippen molar-refractivity contribution in [3.63, 3.8) is 0 Å². The van der Waals surface area contributed by atoms with Crippen molar-refractivity contribution in [3.8, 4) is 11.3 Å². The molecule has 92 valence electrons. The summed E-state index contributed by atoms with van der Waals surface area (Å²) in [6.45, 7) is 3.81. The Hall–Kier alpha value is -2.16. The summed E-state index contributed by atoms with van der Waals surface area (Å²) >= 11 is 0. The fraction of sp³-hybridized carbons (Fsp3) is 0.200. The lowest BCUT2D eigenvalue weighted by atomic mass is 10.0. The van der Waals surface area contributed by atoms with Gasteiger partial charge in [0.2, 0.25) is 0 Å². The van der Waals surface area contributed by atoms with Crippen molar-refractivity contribution in [2.45, 2.75) is 20.3 Å². The zero-order chi connectivity index (χ0) is 13.1. The molecule has 0 aliphatic rings. The molecule has 18 heavy (non-hydrogen) atoms. The Morgan fingerprint density at radius 1 is 1.28 bits per heavy atom. The maximum atomic E-state index is 11.1. The van der Waals surface area contributed by atoms with Gasteiger partial charge in [0.1, 0.15) is 0 Å². The minimum atomic E-state index is -0.915. The molecule has 1 aromatic carbocycles. The van der Waals surface area contributed by atoms with Crippen molar-refractivity contribution in [1.29, 1.82) is 0 Å². The minimum Gasteiger partial charge on any atom is -0.478 e. The molecule has 0 radical (unpaired) electrons. The third-order valence-corrected chi connectivity index (χ3v) is 2.90. The van der Waals surface area contributed by atoms with Crippen LogP contribution in [0.2, 0.25) is 0 Å². The first-order valence-corrected chi connectivity index (χ1v) is 5.92. The summed E-state index contributed by atoms with van der Waals surface area (Å²) in [5.74, 6) is -0.915. The second kappa shape index (κ2) is 5.00. The van der Waals surface area contributed by atoms with Gasteiger partial charge in [-0.15, -0.1) is 0 Å². The van der Waals surface area contributed by atoms with Crippen LogP contribution in [0.25, 0.3) is 11.3 Å². The molecule has 2 aromatic rings. The summed E-state index contributed by atoms with van der Waals surface area (Å²) in [6, 6.07) is 11.5. The molecular weight excluding hydrogens is 226 g/mol. The third-order valence-electron chi connectivity index (χ3n) is 2.90. The summed E-state index contributed by atoms with van der Waals surface area (Å²) in [4.78, 5) is 15.6. The van der Waals surface area contributed by atoms with E-state index in [9.17, 15) is 4.79 Å². The number of hydrogen-bond acceptors (Lipinski definition) is 2. The van der Waals surface area contributed by atoms with Gasteiger partial charge in [0, 0.05) is 5.56 Å². The fourth-order valence-corrected chi connectivity index (χ4v) is 1.99. The van der Waals surface area contributed by atoms with Gasteiger partial charge in [0.05, 0.1) is 17.0 Å². The first-order chi connectivity index (χ1) is 8.63. The average molecular weight is 241 g/mol. The predicted octanol–water partition coefficient (Wildman–Crippen LogP) is 3.32. The van der Waals surface area contributed by atoms with Gasteiger partial charge in [-0.1, -0.05) is 37.3 Å². The standard InChI is InChI=1S/C15H15NO2/c1-3-13-12(15(17)18)9-10(2)14(16-13)11-7-5-4-6-8-11/h4-9H,3H2,1-2H3,(H,17,18). The number of rotatable bonds is 3. The number of nitrogens with zero attached hydrogens (tertiary/aromatic N) is 1. The number of carbonyl (C=O) groups is 1. The first-order valence-electron chi connectivity index (χ1n) is 5.92. The molecule has 0 atom stereocenters. The van der Waals surface area contributed by atoms with Gasteiger partial charge in [-0.2, -0.15) is 0 Å². The van der Waals surface area contributed by atoms with Crippen LogP contribution in [-0.2, 0) is 6.42 Å². The van der Waals surface area contributed by atoms with E-state index in [4.69, 9.17) is 5.11 Å². The van der Waals surface area contributed by atoms with Crippen LogP contribution in [-0.4, -0.2) is 16.1 Å². The normalized spacial score (nSPS) is 10.3. The van der Waals surface area contributed by atoms with Crippen molar-refractivity contribution < 1.29 is 9.90 Å². The van der Waals surface area contributed by atoms with Gasteiger partial charge >= 0.3 is 5.97 Å². The summed E-state index contributed by atoms with van der Waals surface area (Å²) < 4.78 is 0. The average Bonchev–Trinajstić information content (AvgIpc) is 2.39. The number of pyridine rings is 1. The van der Waals surface area contributed by atoms with Crippen molar-refractivity contribution in [3.05, 3.63) is 53.2 Å². The number of carboxylic acids is 1. The highest BCUT2D eigenvalue weighted by molar-refractivity contribution is 5.89. The van der Waals surface area contributed by atoms with E-state index >= 15 is 0 Å². The van der Waals surface area contributed by atoms with Crippen LogP contribution in [0.15, 0.2) is 36.4 Å². The van der Waals surface area contributed by atoms with Crippen LogP contribution in [0, 0.1) is 6.92 Å². The van der Waals surface area contributed by atoms with Crippen LogP contribution in [0.1, 0.15) is 28.5 Å². The maximum absolute atomic E-state index is 11.1. The lowest BCUT2D eigenvalue weighted by molar-refractivity contribution is 0.0695. The van der Waals surface area contributed by atoms with Crippen LogP contribution in [0.4, 0.5) is 0 Å². The molecule has 3 nitrogen and oxygen atoms in total. The highest BCUT2D eigenvalue weighted by Crippen LogP contribution is 2.23. The first kappa shape index (κ1) is 12.3. The Balaban J connectivity index is 2.61. The molecule has 0 spiro atoms. The van der Waals surface area contributed by atoms with Crippen LogP contribution >= 0.6 is 0 Å². The van der Waals surface area contributed by atoms with Crippen molar-refractivity contribution in [1.82, 2.24) is 4.98 Å². The highest BCUT2D eigenvalue weighted by Gasteiger charge is 2.14. The van der Waals surface area contributed by atoms with Crippen LogP contribution in [0.5, 0.6) is 0 Å². The van der Waals surface area contributed by atoms with Gasteiger partial charge in [-0.25, -0.2) is 4.79 Å². The van der Waals surface area contributed by atoms with Gasteiger partial charge in [-0.05, 0) is 25.0 Å². The van der Waals surface area contributed by atoms with Crippen molar-refractivity contribution >= 4 is 5.97 Å². The quantitative estimate of drug-likeness (QED) is 0.896. The summed E-state index contributed by atoms with van der Waals surface area (Å²) in [5.41, 5.74) is 3.69. The Morgan fingerprint density at radius 3 is 2.50 bits per heavy atom. The van der Waals surface area contributed by atoms with E-state index < -0.39 is 5.97 Å². The summed E-state index contributed by atoms with van der Waals surface area (Å²) in [7, 11) is 0. The van der Waals surface area contributed by atoms with E-state index in [1.165, 1.54) is 0 Å². The molecule has 3 heteroatoms. The molecule has 0 unspecified atom stereocenters. The lowest BCUT2D eigenvalue weighted by Gasteiger charge is -2.10. The monoisotopic (exact) mass is 241 g/mol. The van der Waals surface area contributed by atoms with E-state index in [-0.39, 0.29) is 0 Å². The second-order valence-corrected chi connectivity index (χ2v) is 4.17. The summed E-state index contributed by atoms with van der Waals surface area (Å²) in [5, 5.41) is 9.14. The molecular formula is C15H15NO2. The molecule has 0 aliphatic carbocycles. The van der Waals surface area contributed by atoms with E-state index in [1.807, 2.05) is 44.2 Å². The molecule has 1 aromatic heterocycles. The van der Waals surface area contributed by atoms with Crippen molar-refractivity contribution in [2.75, 3.05) is 0 Å². The molecule has 2 rings (SSSR count). The zero-order valence-corrected chi connectivity index (χ0v) is 10.5. The molecule has 0 aliphatic heterocycles. The summed E-state index contributed by atoms with van der Waals surface area (Å²) in [6.07, 6.45) is 0.613. The molecule has 1 heterocycles. The van der Waals surface area contributed by atoms with E-state index in [0.717, 1.165) is 16.8 Å². The molecule has 0 fully saturated rings. The molecule has 0 saturated carbocycles. The lowest BCUT2D eigenvalue weighted by Crippen LogP contribution is -2.06. The number of aromatic carboxylic acids is 1. The van der Waals surface area contributed by atoms with E-state index in [1.54, 1.807) is 6.07 Å². The molecule has 1 N–H and O–H groups in total. The molecule has 0 bridgehead atoms. The predicted molar refractivity (Wildman–Crippen MR) is 70.7 cm³/mol. The van der Waals surface area contributed by atoms with E-state index in [0.29, 0.717) is 17.7 Å². The van der Waals surface area contributed by atoms with E-state index in [2.05, 4.69) is 4.98 Å². The van der Waals surface area contributed by atoms with Gasteiger partial charge < -0.3 is 5.11 Å². The van der Waals surface area contributed by atoms with Crippen LogP contribution in [0.3, 0.4) is 0 Å². The number of hydrogen-bond donors (Lipinski definition) is 1. The smallest absolute Gasteiger partial charge is 0.337 e. The Kier molecular flexibility index (Phi) is 3.42. The molecule has 0 saturated heterocycles. The number of aromatic nitrogens is 1. The van der Waals surface area contributed by atoms with Crippen LogP contribution < -0.4 is 0 Å². The van der Waals surface area contributed by atoms with Gasteiger partial charge in [-0.3, -0.25) is 4.98 Å². The number of carboxylic acid groups (broad SMARTS) is 1. The highest BCUT2D eigenvalue weighted by atomic mass is 16.4. The minimum absolute atomic E-state index is 0.301. The van der Waals surface area contributed by atoms with Gasteiger partial charge in [0.25, 0.3) is 0 Å². The Bertz CT molecular complexity index is 577. The number of benzene rings is 1. The second-order valence-electron chi connectivity index (χ2n) is 4.17. The SMILES string of the molecule is CCc1nc(-c2ccccc2)c(C)cc1C(=O)O.